The Kier molecular flexibility index (Phi) is 5.09. The summed E-state index contributed by atoms with van der Waals surface area (Å²) in [6, 6.07) is 3.00. The van der Waals surface area contributed by atoms with Crippen LogP contribution in [0.15, 0.2) is 12.1 Å². The van der Waals surface area contributed by atoms with Crippen LogP contribution in [0.5, 0.6) is 11.5 Å². The summed E-state index contributed by atoms with van der Waals surface area (Å²) >= 11 is 5.98. The number of amides is 2. The number of carbonyl (C=O) groups excluding carboxylic acids is 1. The van der Waals surface area contributed by atoms with E-state index < -0.39 is 0 Å². The number of halogens is 1. The third-order valence-corrected chi connectivity index (χ3v) is 2.83. The lowest BCUT2D eigenvalue weighted by Crippen LogP contribution is -2.31. The maximum Gasteiger partial charge on any atom is 0.321 e. The van der Waals surface area contributed by atoms with Crippen molar-refractivity contribution in [3.63, 3.8) is 0 Å². The Morgan fingerprint density at radius 2 is 1.94 bits per heavy atom. The van der Waals surface area contributed by atoms with E-state index in [1.54, 1.807) is 24.1 Å². The molecule has 0 heterocycles. The minimum Gasteiger partial charge on any atom is -0.495 e. The number of nitrogens with one attached hydrogen (secondary N) is 1. The second-order valence-corrected chi connectivity index (χ2v) is 4.04. The van der Waals surface area contributed by atoms with Crippen molar-refractivity contribution < 1.29 is 14.3 Å². The molecular formula is C12H17ClN2O3. The molecule has 0 unspecified atom stereocenters. The van der Waals surface area contributed by atoms with E-state index in [4.69, 9.17) is 21.1 Å². The molecule has 5 nitrogen and oxygen atoms in total. The summed E-state index contributed by atoms with van der Waals surface area (Å²) in [6.45, 7) is 2.50. The van der Waals surface area contributed by atoms with Crippen molar-refractivity contribution in [1.82, 2.24) is 4.90 Å². The first kappa shape index (κ1) is 14.4. The van der Waals surface area contributed by atoms with Crippen LogP contribution in [-0.2, 0) is 0 Å². The second kappa shape index (κ2) is 6.35. The fraction of sp³-hybridized carbons (Fsp3) is 0.417. The highest BCUT2D eigenvalue weighted by atomic mass is 35.5. The van der Waals surface area contributed by atoms with Gasteiger partial charge in [0.05, 0.1) is 24.9 Å². The van der Waals surface area contributed by atoms with E-state index in [0.29, 0.717) is 28.8 Å². The fourth-order valence-corrected chi connectivity index (χ4v) is 1.54. The molecule has 2 amide bonds. The van der Waals surface area contributed by atoms with Crippen LogP contribution in [0.2, 0.25) is 5.02 Å². The van der Waals surface area contributed by atoms with Crippen LogP contribution < -0.4 is 14.8 Å². The molecule has 1 N–H and O–H groups in total. The number of nitrogens with zero attached hydrogens (tertiary/aromatic N) is 1. The van der Waals surface area contributed by atoms with E-state index >= 15 is 0 Å². The zero-order valence-electron chi connectivity index (χ0n) is 10.9. The van der Waals surface area contributed by atoms with Crippen molar-refractivity contribution in [1.29, 1.82) is 0 Å². The van der Waals surface area contributed by atoms with Gasteiger partial charge in [-0.25, -0.2) is 4.79 Å². The van der Waals surface area contributed by atoms with Crippen LogP contribution in [-0.4, -0.2) is 38.7 Å². The normalized spacial score (nSPS) is 9.83. The summed E-state index contributed by atoms with van der Waals surface area (Å²) in [4.78, 5) is 13.3. The van der Waals surface area contributed by atoms with Gasteiger partial charge in [0.1, 0.15) is 11.5 Å². The third kappa shape index (κ3) is 3.20. The Labute approximate surface area is 112 Å². The van der Waals surface area contributed by atoms with Gasteiger partial charge in [0.15, 0.2) is 0 Å². The number of benzene rings is 1. The maximum absolute atomic E-state index is 11.8. The van der Waals surface area contributed by atoms with Gasteiger partial charge in [-0.15, -0.1) is 0 Å². The van der Waals surface area contributed by atoms with Crippen LogP contribution in [0.4, 0.5) is 10.5 Å². The van der Waals surface area contributed by atoms with E-state index in [1.165, 1.54) is 14.2 Å². The fourth-order valence-electron chi connectivity index (χ4n) is 1.31. The average molecular weight is 273 g/mol. The lowest BCUT2D eigenvalue weighted by molar-refractivity contribution is 0.224. The Morgan fingerprint density at radius 3 is 2.44 bits per heavy atom. The molecule has 0 aliphatic rings. The highest BCUT2D eigenvalue weighted by molar-refractivity contribution is 6.32. The number of hydrogen-bond donors (Lipinski definition) is 1. The summed E-state index contributed by atoms with van der Waals surface area (Å²) in [5.41, 5.74) is 0.518. The van der Waals surface area contributed by atoms with Gasteiger partial charge in [-0.2, -0.15) is 0 Å². The number of urea groups is 1. The largest absolute Gasteiger partial charge is 0.495 e. The summed E-state index contributed by atoms with van der Waals surface area (Å²) in [6.07, 6.45) is 0. The van der Waals surface area contributed by atoms with Crippen LogP contribution in [0.3, 0.4) is 0 Å². The lowest BCUT2D eigenvalue weighted by atomic mass is 10.2. The molecule has 0 aliphatic carbocycles. The molecule has 1 rings (SSSR count). The minimum absolute atomic E-state index is 0.222. The zero-order chi connectivity index (χ0) is 13.7. The van der Waals surface area contributed by atoms with Crippen molar-refractivity contribution in [3.05, 3.63) is 17.2 Å². The van der Waals surface area contributed by atoms with Crippen molar-refractivity contribution >= 4 is 23.3 Å². The highest BCUT2D eigenvalue weighted by Crippen LogP contribution is 2.35. The number of anilines is 1. The van der Waals surface area contributed by atoms with Gasteiger partial charge >= 0.3 is 6.03 Å². The molecule has 6 heteroatoms. The Morgan fingerprint density at radius 1 is 1.33 bits per heavy atom. The van der Waals surface area contributed by atoms with E-state index in [9.17, 15) is 4.79 Å². The van der Waals surface area contributed by atoms with Crippen LogP contribution in [0, 0.1) is 0 Å². The molecule has 0 saturated heterocycles. The molecule has 0 saturated carbocycles. The van der Waals surface area contributed by atoms with Crippen LogP contribution in [0.25, 0.3) is 0 Å². The Hall–Kier alpha value is -1.62. The predicted molar refractivity (Wildman–Crippen MR) is 71.9 cm³/mol. The quantitative estimate of drug-likeness (QED) is 0.917. The van der Waals surface area contributed by atoms with Gasteiger partial charge in [0, 0.05) is 25.7 Å². The first-order valence-corrected chi connectivity index (χ1v) is 5.84. The van der Waals surface area contributed by atoms with Gasteiger partial charge in [-0.05, 0) is 6.92 Å². The molecule has 1 aromatic rings. The molecule has 18 heavy (non-hydrogen) atoms. The van der Waals surface area contributed by atoms with Crippen molar-refractivity contribution in [2.24, 2.45) is 0 Å². The van der Waals surface area contributed by atoms with Crippen LogP contribution in [0.1, 0.15) is 6.92 Å². The van der Waals surface area contributed by atoms with Crippen molar-refractivity contribution in [3.8, 4) is 11.5 Å². The van der Waals surface area contributed by atoms with Gasteiger partial charge in [0.2, 0.25) is 0 Å². The molecule has 1 aromatic carbocycles. The van der Waals surface area contributed by atoms with Gasteiger partial charge in [-0.1, -0.05) is 11.6 Å². The van der Waals surface area contributed by atoms with Gasteiger partial charge in [-0.3, -0.25) is 0 Å². The SMILES string of the molecule is CCN(C)C(=O)Nc1cc(OC)c(Cl)cc1OC. The molecule has 0 fully saturated rings. The Balaban J connectivity index is 3.03. The number of methoxy groups -OCH3 is 2. The average Bonchev–Trinajstić information content (AvgIpc) is 2.38. The maximum atomic E-state index is 11.8. The highest BCUT2D eigenvalue weighted by Gasteiger charge is 2.14. The van der Waals surface area contributed by atoms with Crippen molar-refractivity contribution in [2.75, 3.05) is 33.1 Å². The Bertz CT molecular complexity index is 438. The van der Waals surface area contributed by atoms with Gasteiger partial charge < -0.3 is 19.7 Å². The monoisotopic (exact) mass is 272 g/mol. The number of ether oxygens (including phenoxy) is 2. The smallest absolute Gasteiger partial charge is 0.321 e. The predicted octanol–water partition coefficient (Wildman–Crippen LogP) is 2.84. The standard InChI is InChI=1S/C12H17ClN2O3/c1-5-15(2)12(16)14-9-7-10(17-3)8(13)6-11(9)18-4/h6-7H,5H2,1-4H3,(H,14,16). The zero-order valence-corrected chi connectivity index (χ0v) is 11.7. The number of hydrogen-bond acceptors (Lipinski definition) is 3. The third-order valence-electron chi connectivity index (χ3n) is 2.54. The second-order valence-electron chi connectivity index (χ2n) is 3.63. The molecule has 100 valence electrons. The topological polar surface area (TPSA) is 50.8 Å². The van der Waals surface area contributed by atoms with E-state index in [1.807, 2.05) is 6.92 Å². The summed E-state index contributed by atoms with van der Waals surface area (Å²) in [7, 11) is 4.73. The molecule has 0 bridgehead atoms. The summed E-state index contributed by atoms with van der Waals surface area (Å²) in [5, 5.41) is 3.16. The molecule has 0 atom stereocenters. The van der Waals surface area contributed by atoms with E-state index in [-0.39, 0.29) is 6.03 Å². The molecule has 0 radical (unpaired) electrons. The summed E-state index contributed by atoms with van der Waals surface area (Å²) < 4.78 is 10.3. The molecule has 0 spiro atoms. The molecule has 0 aliphatic heterocycles. The van der Waals surface area contributed by atoms with Gasteiger partial charge in [0.25, 0.3) is 0 Å². The van der Waals surface area contributed by atoms with Crippen LogP contribution >= 0.6 is 11.6 Å². The first-order chi connectivity index (χ1) is 8.53. The molecular weight excluding hydrogens is 256 g/mol. The molecule has 0 aromatic heterocycles. The summed E-state index contributed by atoms with van der Waals surface area (Å²) in [5.74, 6) is 0.963. The van der Waals surface area contributed by atoms with E-state index in [2.05, 4.69) is 5.32 Å². The lowest BCUT2D eigenvalue weighted by Gasteiger charge is -2.18. The van der Waals surface area contributed by atoms with E-state index in [0.717, 1.165) is 0 Å². The number of rotatable bonds is 4. The minimum atomic E-state index is -0.222. The number of carbonyl (C=O) groups is 1. The first-order valence-electron chi connectivity index (χ1n) is 5.47. The van der Waals surface area contributed by atoms with Crippen molar-refractivity contribution in [2.45, 2.75) is 6.92 Å².